The minimum atomic E-state index is -0.00213. The lowest BCUT2D eigenvalue weighted by atomic mass is 9.63. The van der Waals surface area contributed by atoms with E-state index in [1.54, 1.807) is 6.08 Å². The fraction of sp³-hybridized carbons (Fsp3) is 0.455. The van der Waals surface area contributed by atoms with Crippen LogP contribution in [0.4, 0.5) is 0 Å². The number of carbonyl (C=O) groups excluding carboxylic acids is 2. The quantitative estimate of drug-likeness (QED) is 0.516. The van der Waals surface area contributed by atoms with Gasteiger partial charge in [0, 0.05) is 24.2 Å². The van der Waals surface area contributed by atoms with Gasteiger partial charge in [0.05, 0.1) is 0 Å². The lowest BCUT2D eigenvalue weighted by Crippen LogP contribution is -2.42. The zero-order chi connectivity index (χ0) is 9.00. The molecule has 4 atom stereocenters. The lowest BCUT2D eigenvalue weighted by molar-refractivity contribution is -0.131. The van der Waals surface area contributed by atoms with Crippen molar-refractivity contribution in [3.63, 3.8) is 0 Å². The van der Waals surface area contributed by atoms with Gasteiger partial charge in [-0.1, -0.05) is 18.2 Å². The highest BCUT2D eigenvalue weighted by Gasteiger charge is 2.48. The van der Waals surface area contributed by atoms with E-state index in [-0.39, 0.29) is 29.5 Å². The Hall–Kier alpha value is -1.18. The fourth-order valence-corrected chi connectivity index (χ4v) is 2.86. The number of rotatable bonds is 0. The summed E-state index contributed by atoms with van der Waals surface area (Å²) in [6.45, 7) is 0. The zero-order valence-corrected chi connectivity index (χ0v) is 7.14. The van der Waals surface area contributed by atoms with Crippen LogP contribution in [0.1, 0.15) is 6.42 Å². The fourth-order valence-electron chi connectivity index (χ4n) is 2.86. The van der Waals surface area contributed by atoms with Gasteiger partial charge in [-0.25, -0.2) is 0 Å². The highest BCUT2D eigenvalue weighted by Crippen LogP contribution is 2.46. The molecule has 0 saturated heterocycles. The maximum absolute atomic E-state index is 11.5. The van der Waals surface area contributed by atoms with Crippen molar-refractivity contribution in [3.8, 4) is 0 Å². The van der Waals surface area contributed by atoms with E-state index in [1.165, 1.54) is 0 Å². The van der Waals surface area contributed by atoms with Gasteiger partial charge >= 0.3 is 0 Å². The Kier molecular flexibility index (Phi) is 1.22. The van der Waals surface area contributed by atoms with E-state index in [4.69, 9.17) is 0 Å². The average molecular weight is 174 g/mol. The van der Waals surface area contributed by atoms with Crippen LogP contribution in [-0.4, -0.2) is 11.6 Å². The summed E-state index contributed by atoms with van der Waals surface area (Å²) in [6.07, 6.45) is 8.20. The Morgan fingerprint density at radius 3 is 2.77 bits per heavy atom. The molecule has 4 aliphatic rings. The largest absolute Gasteiger partial charge is 0.299 e. The number of carbonyl (C=O) groups is 2. The molecule has 0 spiro atoms. The van der Waals surface area contributed by atoms with Crippen LogP contribution in [0.25, 0.3) is 0 Å². The molecular weight excluding hydrogens is 164 g/mol. The molecule has 0 heterocycles. The first kappa shape index (κ1) is 7.25. The monoisotopic (exact) mass is 174 g/mol. The van der Waals surface area contributed by atoms with Gasteiger partial charge in [-0.05, 0) is 12.0 Å². The first-order valence-electron chi connectivity index (χ1n) is 4.70. The van der Waals surface area contributed by atoms with E-state index >= 15 is 0 Å². The second-order valence-electron chi connectivity index (χ2n) is 4.11. The van der Waals surface area contributed by atoms with E-state index in [1.807, 2.05) is 12.2 Å². The number of hydrogen-bond acceptors (Lipinski definition) is 2. The molecular formula is C11H10O2. The number of Topliss-reactive ketones (excluding diaryl/α,β-unsaturated/α-hetero) is 1. The van der Waals surface area contributed by atoms with Crippen LogP contribution in [-0.2, 0) is 9.59 Å². The van der Waals surface area contributed by atoms with Crippen molar-refractivity contribution in [2.75, 3.05) is 0 Å². The van der Waals surface area contributed by atoms with Crippen molar-refractivity contribution in [1.29, 1.82) is 0 Å². The molecule has 0 aliphatic heterocycles. The molecule has 0 aromatic rings. The maximum Gasteiger partial charge on any atom is 0.159 e. The Balaban J connectivity index is 2.09. The van der Waals surface area contributed by atoms with Gasteiger partial charge in [-0.2, -0.15) is 0 Å². The van der Waals surface area contributed by atoms with Gasteiger partial charge in [-0.3, -0.25) is 9.59 Å². The summed E-state index contributed by atoms with van der Waals surface area (Å²) in [4.78, 5) is 23.0. The maximum atomic E-state index is 11.5. The average Bonchev–Trinajstić information content (AvgIpc) is 2.50. The Morgan fingerprint density at radius 1 is 1.15 bits per heavy atom. The molecule has 0 aromatic heterocycles. The molecule has 66 valence electrons. The minimum absolute atomic E-state index is 0.00213. The summed E-state index contributed by atoms with van der Waals surface area (Å²) in [5, 5.41) is 0. The second kappa shape index (κ2) is 2.19. The van der Waals surface area contributed by atoms with Crippen LogP contribution in [0.3, 0.4) is 0 Å². The molecule has 1 fully saturated rings. The molecule has 2 nitrogen and oxygen atoms in total. The van der Waals surface area contributed by atoms with Crippen molar-refractivity contribution < 1.29 is 9.59 Å². The van der Waals surface area contributed by atoms with Gasteiger partial charge in [0.2, 0.25) is 0 Å². The van der Waals surface area contributed by atoms with Gasteiger partial charge in [0.15, 0.2) is 5.78 Å². The molecule has 2 unspecified atom stereocenters. The van der Waals surface area contributed by atoms with Crippen LogP contribution in [0.5, 0.6) is 0 Å². The Bertz CT molecular complexity index is 351. The number of fused-ring (bicyclic) bond motifs is 1. The topological polar surface area (TPSA) is 34.1 Å². The van der Waals surface area contributed by atoms with Crippen LogP contribution in [0.15, 0.2) is 24.3 Å². The van der Waals surface area contributed by atoms with Crippen LogP contribution < -0.4 is 0 Å². The van der Waals surface area contributed by atoms with Gasteiger partial charge in [0.1, 0.15) is 5.78 Å². The molecule has 2 bridgehead atoms. The van der Waals surface area contributed by atoms with Crippen molar-refractivity contribution in [1.82, 2.24) is 0 Å². The predicted octanol–water partition coefficient (Wildman–Crippen LogP) is 1.13. The summed E-state index contributed by atoms with van der Waals surface area (Å²) in [7, 11) is 0. The van der Waals surface area contributed by atoms with Gasteiger partial charge in [-0.15, -0.1) is 0 Å². The van der Waals surface area contributed by atoms with Crippen LogP contribution in [0.2, 0.25) is 0 Å². The third kappa shape index (κ3) is 0.781. The number of ketones is 2. The van der Waals surface area contributed by atoms with E-state index < -0.39 is 0 Å². The molecule has 0 aromatic carbocycles. The molecule has 4 rings (SSSR count). The molecule has 0 amide bonds. The Labute approximate surface area is 76.3 Å². The Morgan fingerprint density at radius 2 is 2.00 bits per heavy atom. The predicted molar refractivity (Wildman–Crippen MR) is 46.9 cm³/mol. The van der Waals surface area contributed by atoms with Crippen LogP contribution in [0, 0.1) is 23.7 Å². The first-order chi connectivity index (χ1) is 6.27. The van der Waals surface area contributed by atoms with Gasteiger partial charge in [0.25, 0.3) is 0 Å². The third-order valence-corrected chi connectivity index (χ3v) is 3.48. The third-order valence-electron chi connectivity index (χ3n) is 3.48. The number of hydrogen-bond donors (Lipinski definition) is 0. The minimum Gasteiger partial charge on any atom is -0.299 e. The van der Waals surface area contributed by atoms with Crippen LogP contribution >= 0.6 is 0 Å². The standard InChI is InChI=1S/C11H10O2/c12-9-4-3-8-7-2-1-6(11(8)9)5-10(7)13/h1-4,6-8,11H,5H2/t6?,7?,8-,11+/m1/s1. The zero-order valence-electron chi connectivity index (χ0n) is 7.14. The van der Waals surface area contributed by atoms with E-state index in [2.05, 4.69) is 6.08 Å². The summed E-state index contributed by atoms with van der Waals surface area (Å²) >= 11 is 0. The molecule has 2 heteroatoms. The summed E-state index contributed by atoms with van der Waals surface area (Å²) in [6, 6.07) is 0. The van der Waals surface area contributed by atoms with E-state index in [9.17, 15) is 9.59 Å². The summed E-state index contributed by atoms with van der Waals surface area (Å²) < 4.78 is 0. The molecule has 13 heavy (non-hydrogen) atoms. The molecule has 1 saturated carbocycles. The molecule has 0 N–H and O–H groups in total. The summed E-state index contributed by atoms with van der Waals surface area (Å²) in [5.41, 5.74) is 0. The van der Waals surface area contributed by atoms with Crippen molar-refractivity contribution in [3.05, 3.63) is 24.3 Å². The summed E-state index contributed by atoms with van der Waals surface area (Å²) in [5.74, 6) is 0.990. The highest BCUT2D eigenvalue weighted by atomic mass is 16.1. The molecule has 0 radical (unpaired) electrons. The van der Waals surface area contributed by atoms with Crippen molar-refractivity contribution in [2.45, 2.75) is 6.42 Å². The number of allylic oxidation sites excluding steroid dienone is 4. The molecule has 4 aliphatic carbocycles. The first-order valence-corrected chi connectivity index (χ1v) is 4.70. The van der Waals surface area contributed by atoms with Crippen molar-refractivity contribution >= 4 is 11.6 Å². The van der Waals surface area contributed by atoms with E-state index in [0.29, 0.717) is 12.2 Å². The second-order valence-corrected chi connectivity index (χ2v) is 4.11. The highest BCUT2D eigenvalue weighted by molar-refractivity contribution is 5.99. The smallest absolute Gasteiger partial charge is 0.159 e. The van der Waals surface area contributed by atoms with Gasteiger partial charge < -0.3 is 0 Å². The lowest BCUT2D eigenvalue weighted by Gasteiger charge is -2.38. The normalized spacial score (nSPS) is 45.8. The van der Waals surface area contributed by atoms with E-state index in [0.717, 1.165) is 0 Å². The van der Waals surface area contributed by atoms with Crippen molar-refractivity contribution in [2.24, 2.45) is 23.7 Å². The SMILES string of the molecule is O=C1CC2C=CC1[C@H]1C=CC(=O)[C@@H]21.